The Morgan fingerprint density at radius 3 is 2.27 bits per heavy atom. The van der Waals surface area contributed by atoms with E-state index in [1.54, 1.807) is 6.20 Å². The molecule has 6 aromatic carbocycles. The summed E-state index contributed by atoms with van der Waals surface area (Å²) < 4.78 is 1.96. The number of hydrogen-bond donors (Lipinski definition) is 0. The van der Waals surface area contributed by atoms with E-state index in [1.807, 2.05) is 22.9 Å². The van der Waals surface area contributed by atoms with E-state index in [1.165, 1.54) is 65.7 Å². The Labute approximate surface area is 231 Å². The van der Waals surface area contributed by atoms with Crippen LogP contribution in [0, 0.1) is 0 Å². The molecular formula is C37H25N3. The van der Waals surface area contributed by atoms with E-state index in [4.69, 9.17) is 4.98 Å². The fraction of sp³-hybridized carbons (Fsp3) is 0.0811. The van der Waals surface area contributed by atoms with Crippen molar-refractivity contribution in [2.24, 2.45) is 0 Å². The number of imidazole rings is 1. The van der Waals surface area contributed by atoms with Crippen molar-refractivity contribution < 1.29 is 0 Å². The first-order chi connectivity index (χ1) is 19.6. The lowest BCUT2D eigenvalue weighted by Gasteiger charge is -2.23. The maximum absolute atomic E-state index is 4.70. The van der Waals surface area contributed by atoms with E-state index >= 15 is 0 Å². The van der Waals surface area contributed by atoms with Crippen LogP contribution in [-0.4, -0.2) is 14.4 Å². The molecule has 0 saturated heterocycles. The van der Waals surface area contributed by atoms with Crippen LogP contribution in [0.4, 0.5) is 0 Å². The van der Waals surface area contributed by atoms with E-state index in [9.17, 15) is 0 Å². The van der Waals surface area contributed by atoms with E-state index < -0.39 is 0 Å². The molecular weight excluding hydrogens is 486 g/mol. The predicted molar refractivity (Wildman–Crippen MR) is 165 cm³/mol. The molecule has 0 saturated carbocycles. The Kier molecular flexibility index (Phi) is 4.13. The number of fused-ring (bicyclic) bond motifs is 5. The monoisotopic (exact) mass is 511 g/mol. The van der Waals surface area contributed by atoms with Crippen molar-refractivity contribution >= 4 is 38.1 Å². The van der Waals surface area contributed by atoms with Crippen LogP contribution in [-0.2, 0) is 5.41 Å². The van der Waals surface area contributed by atoms with Crippen LogP contribution in [0.1, 0.15) is 25.0 Å². The molecule has 8 aromatic rings. The van der Waals surface area contributed by atoms with Gasteiger partial charge in [0.15, 0.2) is 0 Å². The zero-order valence-electron chi connectivity index (χ0n) is 22.3. The molecule has 40 heavy (non-hydrogen) atoms. The maximum Gasteiger partial charge on any atom is 0.234 e. The summed E-state index contributed by atoms with van der Waals surface area (Å²) in [6.07, 6.45) is 5.79. The molecule has 0 fully saturated rings. The molecule has 0 amide bonds. The SMILES string of the molecule is CC1(C)c2ccccc2-c2c1cc1ccc3c(-c4ccc(-c5cn6cccnc6n5)cc4)ccc4ccc2c1c43. The number of benzene rings is 6. The third-order valence-corrected chi connectivity index (χ3v) is 9.05. The van der Waals surface area contributed by atoms with Gasteiger partial charge < -0.3 is 0 Å². The molecule has 9 rings (SSSR count). The summed E-state index contributed by atoms with van der Waals surface area (Å²) in [5, 5.41) is 7.99. The van der Waals surface area contributed by atoms with Crippen LogP contribution in [0.15, 0.2) is 116 Å². The molecule has 188 valence electrons. The highest BCUT2D eigenvalue weighted by atomic mass is 15.1. The normalized spacial score (nSPS) is 13.9. The Morgan fingerprint density at radius 2 is 1.40 bits per heavy atom. The number of hydrogen-bond acceptors (Lipinski definition) is 2. The fourth-order valence-electron chi connectivity index (χ4n) is 7.09. The average molecular weight is 512 g/mol. The van der Waals surface area contributed by atoms with Crippen molar-refractivity contribution in [3.05, 3.63) is 127 Å². The average Bonchev–Trinajstić information content (AvgIpc) is 3.53. The van der Waals surface area contributed by atoms with Crippen LogP contribution in [0.3, 0.4) is 0 Å². The van der Waals surface area contributed by atoms with Gasteiger partial charge >= 0.3 is 0 Å². The molecule has 1 aliphatic rings. The summed E-state index contributed by atoms with van der Waals surface area (Å²) in [7, 11) is 0. The summed E-state index contributed by atoms with van der Waals surface area (Å²) in [5.41, 5.74) is 10.1. The first kappa shape index (κ1) is 21.9. The topological polar surface area (TPSA) is 30.2 Å². The maximum atomic E-state index is 4.70. The fourth-order valence-corrected chi connectivity index (χ4v) is 7.09. The van der Waals surface area contributed by atoms with Crippen LogP contribution in [0.25, 0.3) is 71.6 Å². The summed E-state index contributed by atoms with van der Waals surface area (Å²) in [5.74, 6) is 0.714. The van der Waals surface area contributed by atoms with Gasteiger partial charge in [-0.25, -0.2) is 9.97 Å². The van der Waals surface area contributed by atoms with Crippen LogP contribution in [0.2, 0.25) is 0 Å². The molecule has 0 bridgehead atoms. The molecule has 2 aromatic heterocycles. The highest BCUT2D eigenvalue weighted by molar-refractivity contribution is 6.28. The van der Waals surface area contributed by atoms with Crippen molar-refractivity contribution in [3.63, 3.8) is 0 Å². The predicted octanol–water partition coefficient (Wildman–Crippen LogP) is 9.27. The number of rotatable bonds is 2. The molecule has 3 heteroatoms. The van der Waals surface area contributed by atoms with Gasteiger partial charge in [-0.2, -0.15) is 0 Å². The van der Waals surface area contributed by atoms with E-state index in [0.717, 1.165) is 11.3 Å². The largest absolute Gasteiger partial charge is 0.291 e. The van der Waals surface area contributed by atoms with Gasteiger partial charge in [-0.15, -0.1) is 0 Å². The van der Waals surface area contributed by atoms with Crippen molar-refractivity contribution in [3.8, 4) is 33.5 Å². The molecule has 0 atom stereocenters. The zero-order chi connectivity index (χ0) is 26.6. The zero-order valence-corrected chi connectivity index (χ0v) is 22.3. The van der Waals surface area contributed by atoms with E-state index in [-0.39, 0.29) is 5.41 Å². The van der Waals surface area contributed by atoms with Gasteiger partial charge in [0.05, 0.1) is 5.69 Å². The standard InChI is InChI=1S/C37H25N3/c1-37(2)30-7-4-3-6-28(30)35-29-17-13-24-12-15-26(27-16-14-25(20-31(35)37)34(29)33(24)27)22-8-10-23(11-9-22)32-21-40-19-5-18-38-36(40)39-32/h3-21H,1-2H3. The number of nitrogens with zero attached hydrogens (tertiary/aromatic N) is 3. The third kappa shape index (κ3) is 2.79. The van der Waals surface area contributed by atoms with Gasteiger partial charge in [-0.05, 0) is 77.8 Å². The smallest absolute Gasteiger partial charge is 0.234 e. The molecule has 0 radical (unpaired) electrons. The molecule has 0 N–H and O–H groups in total. The van der Waals surface area contributed by atoms with Crippen LogP contribution >= 0.6 is 0 Å². The number of aromatic nitrogens is 3. The molecule has 0 aliphatic heterocycles. The summed E-state index contributed by atoms with van der Waals surface area (Å²) >= 11 is 0. The first-order valence-electron chi connectivity index (χ1n) is 13.8. The van der Waals surface area contributed by atoms with Gasteiger partial charge in [-0.3, -0.25) is 4.40 Å². The Balaban J connectivity index is 1.25. The van der Waals surface area contributed by atoms with Gasteiger partial charge in [0.25, 0.3) is 0 Å². The summed E-state index contributed by atoms with van der Waals surface area (Å²) in [6.45, 7) is 4.72. The third-order valence-electron chi connectivity index (χ3n) is 9.05. The van der Waals surface area contributed by atoms with Crippen molar-refractivity contribution in [1.29, 1.82) is 0 Å². The van der Waals surface area contributed by atoms with Gasteiger partial charge in [0, 0.05) is 29.6 Å². The second-order valence-corrected chi connectivity index (χ2v) is 11.5. The summed E-state index contributed by atoms with van der Waals surface area (Å²) in [6, 6.07) is 35.9. The van der Waals surface area contributed by atoms with Crippen LogP contribution in [0.5, 0.6) is 0 Å². The lowest BCUT2D eigenvalue weighted by Crippen LogP contribution is -2.14. The Morgan fingerprint density at radius 1 is 0.650 bits per heavy atom. The molecule has 3 nitrogen and oxygen atoms in total. The molecule has 0 spiro atoms. The second kappa shape index (κ2) is 7.55. The second-order valence-electron chi connectivity index (χ2n) is 11.5. The van der Waals surface area contributed by atoms with Crippen molar-refractivity contribution in [2.45, 2.75) is 19.3 Å². The minimum atomic E-state index is -0.0136. The minimum Gasteiger partial charge on any atom is -0.291 e. The van der Waals surface area contributed by atoms with Gasteiger partial charge in [0.2, 0.25) is 5.78 Å². The Bertz CT molecular complexity index is 2250. The van der Waals surface area contributed by atoms with E-state index in [0.29, 0.717) is 5.78 Å². The Hall–Kier alpha value is -5.02. The highest BCUT2D eigenvalue weighted by Crippen LogP contribution is 2.53. The van der Waals surface area contributed by atoms with Crippen LogP contribution < -0.4 is 0 Å². The molecule has 2 heterocycles. The quantitative estimate of drug-likeness (QED) is 0.217. The van der Waals surface area contributed by atoms with E-state index in [2.05, 4.69) is 110 Å². The lowest BCUT2D eigenvalue weighted by atomic mass is 9.80. The van der Waals surface area contributed by atoms with Gasteiger partial charge in [0.1, 0.15) is 0 Å². The van der Waals surface area contributed by atoms with Gasteiger partial charge in [-0.1, -0.05) is 98.8 Å². The van der Waals surface area contributed by atoms with Crippen molar-refractivity contribution in [1.82, 2.24) is 14.4 Å². The molecule has 1 aliphatic carbocycles. The molecule has 0 unspecified atom stereocenters. The highest BCUT2D eigenvalue weighted by Gasteiger charge is 2.36. The lowest BCUT2D eigenvalue weighted by molar-refractivity contribution is 0.661. The first-order valence-corrected chi connectivity index (χ1v) is 13.8. The van der Waals surface area contributed by atoms with Crippen molar-refractivity contribution in [2.75, 3.05) is 0 Å². The minimum absolute atomic E-state index is 0.0136. The summed E-state index contributed by atoms with van der Waals surface area (Å²) in [4.78, 5) is 9.06.